The third kappa shape index (κ3) is 2.39. The van der Waals surface area contributed by atoms with Gasteiger partial charge in [0.25, 0.3) is 0 Å². The maximum Gasteiger partial charge on any atom is 0.0823 e. The fourth-order valence-electron chi connectivity index (χ4n) is 1.49. The SMILES string of the molecule is OCC1(CNc2cccc(Cl)c2Cl)CC1. The largest absolute Gasteiger partial charge is 0.396 e. The van der Waals surface area contributed by atoms with E-state index in [2.05, 4.69) is 5.32 Å². The van der Waals surface area contributed by atoms with Crippen molar-refractivity contribution in [3.8, 4) is 0 Å². The lowest BCUT2D eigenvalue weighted by atomic mass is 10.1. The van der Waals surface area contributed by atoms with Crippen molar-refractivity contribution in [2.45, 2.75) is 12.8 Å². The lowest BCUT2D eigenvalue weighted by Gasteiger charge is -2.15. The van der Waals surface area contributed by atoms with Gasteiger partial charge in [0.2, 0.25) is 0 Å². The fourth-order valence-corrected chi connectivity index (χ4v) is 1.86. The monoisotopic (exact) mass is 245 g/mol. The summed E-state index contributed by atoms with van der Waals surface area (Å²) >= 11 is 11.9. The Morgan fingerprint density at radius 2 is 2.07 bits per heavy atom. The zero-order valence-corrected chi connectivity index (χ0v) is 9.78. The second-order valence-corrected chi connectivity index (χ2v) is 4.90. The molecular formula is C11H13Cl2NO. The Balaban J connectivity index is 2.02. The molecule has 0 spiro atoms. The van der Waals surface area contributed by atoms with E-state index in [1.807, 2.05) is 12.1 Å². The van der Waals surface area contributed by atoms with E-state index in [1.165, 1.54) is 0 Å². The number of benzene rings is 1. The van der Waals surface area contributed by atoms with Gasteiger partial charge in [0.05, 0.1) is 22.3 Å². The van der Waals surface area contributed by atoms with Crippen LogP contribution in [0.5, 0.6) is 0 Å². The Morgan fingerprint density at radius 1 is 1.33 bits per heavy atom. The fraction of sp³-hybridized carbons (Fsp3) is 0.455. The van der Waals surface area contributed by atoms with E-state index in [0.29, 0.717) is 10.0 Å². The highest BCUT2D eigenvalue weighted by atomic mass is 35.5. The third-order valence-corrected chi connectivity index (χ3v) is 3.72. The van der Waals surface area contributed by atoms with Crippen molar-refractivity contribution in [2.24, 2.45) is 5.41 Å². The molecule has 0 aliphatic heterocycles. The molecule has 1 aliphatic carbocycles. The van der Waals surface area contributed by atoms with Crippen LogP contribution in [0.2, 0.25) is 10.0 Å². The van der Waals surface area contributed by atoms with Crippen LogP contribution in [0.25, 0.3) is 0 Å². The summed E-state index contributed by atoms with van der Waals surface area (Å²) in [7, 11) is 0. The van der Waals surface area contributed by atoms with Gasteiger partial charge in [-0.25, -0.2) is 0 Å². The molecule has 4 heteroatoms. The van der Waals surface area contributed by atoms with E-state index in [4.69, 9.17) is 28.3 Å². The lowest BCUT2D eigenvalue weighted by Crippen LogP contribution is -2.19. The molecule has 2 rings (SSSR count). The van der Waals surface area contributed by atoms with Crippen LogP contribution in [0.15, 0.2) is 18.2 Å². The average Bonchev–Trinajstić information content (AvgIpc) is 3.01. The second kappa shape index (κ2) is 4.20. The molecule has 0 unspecified atom stereocenters. The lowest BCUT2D eigenvalue weighted by molar-refractivity contribution is 0.220. The van der Waals surface area contributed by atoms with Crippen LogP contribution in [0.1, 0.15) is 12.8 Å². The van der Waals surface area contributed by atoms with E-state index in [-0.39, 0.29) is 12.0 Å². The summed E-state index contributed by atoms with van der Waals surface area (Å²) in [4.78, 5) is 0. The first-order valence-electron chi connectivity index (χ1n) is 4.96. The van der Waals surface area contributed by atoms with Gasteiger partial charge in [0.15, 0.2) is 0 Å². The molecule has 1 aromatic carbocycles. The molecule has 1 aromatic rings. The van der Waals surface area contributed by atoms with Gasteiger partial charge < -0.3 is 10.4 Å². The van der Waals surface area contributed by atoms with Gasteiger partial charge in [-0.3, -0.25) is 0 Å². The molecule has 2 nitrogen and oxygen atoms in total. The molecule has 0 atom stereocenters. The van der Waals surface area contributed by atoms with Crippen LogP contribution in [0, 0.1) is 5.41 Å². The van der Waals surface area contributed by atoms with Gasteiger partial charge in [-0.15, -0.1) is 0 Å². The molecule has 0 radical (unpaired) electrons. The summed E-state index contributed by atoms with van der Waals surface area (Å²) in [6.45, 7) is 0.988. The van der Waals surface area contributed by atoms with Gasteiger partial charge in [-0.1, -0.05) is 29.3 Å². The molecule has 0 bridgehead atoms. The van der Waals surface area contributed by atoms with Crippen LogP contribution in [-0.4, -0.2) is 18.3 Å². The predicted octanol–water partition coefficient (Wildman–Crippen LogP) is 3.18. The Bertz CT molecular complexity index is 364. The normalized spacial score (nSPS) is 17.5. The van der Waals surface area contributed by atoms with E-state index in [9.17, 15) is 0 Å². The Hall–Kier alpha value is -0.440. The molecule has 1 aliphatic rings. The summed E-state index contributed by atoms with van der Waals surface area (Å²) < 4.78 is 0. The minimum Gasteiger partial charge on any atom is -0.396 e. The quantitative estimate of drug-likeness (QED) is 0.855. The number of hydrogen-bond donors (Lipinski definition) is 2. The highest BCUT2D eigenvalue weighted by Crippen LogP contribution is 2.45. The highest BCUT2D eigenvalue weighted by molar-refractivity contribution is 6.43. The molecule has 0 amide bonds. The molecular weight excluding hydrogens is 233 g/mol. The van der Waals surface area contributed by atoms with Crippen molar-refractivity contribution >= 4 is 28.9 Å². The Kier molecular flexibility index (Phi) is 3.10. The summed E-state index contributed by atoms with van der Waals surface area (Å²) in [6, 6.07) is 5.50. The zero-order valence-electron chi connectivity index (χ0n) is 8.26. The minimum absolute atomic E-state index is 0.0750. The molecule has 2 N–H and O–H groups in total. The smallest absolute Gasteiger partial charge is 0.0823 e. The molecule has 0 heterocycles. The Morgan fingerprint density at radius 3 is 2.67 bits per heavy atom. The summed E-state index contributed by atoms with van der Waals surface area (Å²) in [5.41, 5.74) is 0.912. The molecule has 0 saturated heterocycles. The van der Waals surface area contributed by atoms with Crippen molar-refractivity contribution in [3.05, 3.63) is 28.2 Å². The average molecular weight is 246 g/mol. The number of rotatable bonds is 4. The van der Waals surface area contributed by atoms with Crippen molar-refractivity contribution in [2.75, 3.05) is 18.5 Å². The number of halogens is 2. The number of aliphatic hydroxyl groups is 1. The maximum absolute atomic E-state index is 9.16. The van der Waals surface area contributed by atoms with Gasteiger partial charge in [-0.05, 0) is 25.0 Å². The van der Waals surface area contributed by atoms with E-state index in [1.54, 1.807) is 6.07 Å². The van der Waals surface area contributed by atoms with Gasteiger partial charge in [-0.2, -0.15) is 0 Å². The predicted molar refractivity (Wildman–Crippen MR) is 63.7 cm³/mol. The summed E-state index contributed by atoms with van der Waals surface area (Å²) in [5.74, 6) is 0. The zero-order chi connectivity index (χ0) is 10.9. The molecule has 1 saturated carbocycles. The van der Waals surface area contributed by atoms with E-state index in [0.717, 1.165) is 25.1 Å². The number of anilines is 1. The first-order chi connectivity index (χ1) is 7.17. The Labute approximate surface area is 99.2 Å². The van der Waals surface area contributed by atoms with Gasteiger partial charge in [0.1, 0.15) is 0 Å². The van der Waals surface area contributed by atoms with E-state index >= 15 is 0 Å². The molecule has 15 heavy (non-hydrogen) atoms. The number of aliphatic hydroxyl groups excluding tert-OH is 1. The number of nitrogens with one attached hydrogen (secondary N) is 1. The second-order valence-electron chi connectivity index (χ2n) is 4.11. The van der Waals surface area contributed by atoms with Gasteiger partial charge in [0, 0.05) is 12.0 Å². The maximum atomic E-state index is 9.16. The topological polar surface area (TPSA) is 32.3 Å². The van der Waals surface area contributed by atoms with Crippen molar-refractivity contribution in [1.82, 2.24) is 0 Å². The van der Waals surface area contributed by atoms with Crippen molar-refractivity contribution in [1.29, 1.82) is 0 Å². The molecule has 82 valence electrons. The molecule has 0 aromatic heterocycles. The first kappa shape index (κ1) is 11.1. The molecule has 1 fully saturated rings. The van der Waals surface area contributed by atoms with Crippen LogP contribution < -0.4 is 5.32 Å². The highest BCUT2D eigenvalue weighted by Gasteiger charge is 2.41. The number of hydrogen-bond acceptors (Lipinski definition) is 2. The third-order valence-electron chi connectivity index (χ3n) is 2.90. The van der Waals surface area contributed by atoms with Crippen molar-refractivity contribution in [3.63, 3.8) is 0 Å². The summed E-state index contributed by atoms with van der Waals surface area (Å²) in [6.07, 6.45) is 2.16. The summed E-state index contributed by atoms with van der Waals surface area (Å²) in [5, 5.41) is 13.5. The minimum atomic E-state index is 0.0750. The van der Waals surface area contributed by atoms with Crippen LogP contribution in [0.3, 0.4) is 0 Å². The van der Waals surface area contributed by atoms with Crippen molar-refractivity contribution < 1.29 is 5.11 Å². The van der Waals surface area contributed by atoms with Crippen LogP contribution >= 0.6 is 23.2 Å². The first-order valence-corrected chi connectivity index (χ1v) is 5.71. The van der Waals surface area contributed by atoms with Gasteiger partial charge >= 0.3 is 0 Å². The van der Waals surface area contributed by atoms with Crippen LogP contribution in [-0.2, 0) is 0 Å². The van der Waals surface area contributed by atoms with Crippen LogP contribution in [0.4, 0.5) is 5.69 Å². The van der Waals surface area contributed by atoms with E-state index < -0.39 is 0 Å². The standard InChI is InChI=1S/C11H13Cl2NO/c12-8-2-1-3-9(10(8)13)14-6-11(7-15)4-5-11/h1-3,14-15H,4-7H2.